The molecule has 24 heavy (non-hydrogen) atoms. The van der Waals surface area contributed by atoms with Crippen molar-refractivity contribution in [2.45, 2.75) is 13.3 Å². The van der Waals surface area contributed by atoms with Crippen molar-refractivity contribution in [3.63, 3.8) is 0 Å². The van der Waals surface area contributed by atoms with Crippen LogP contribution in [0.3, 0.4) is 0 Å². The summed E-state index contributed by atoms with van der Waals surface area (Å²) in [6, 6.07) is 14.7. The van der Waals surface area contributed by atoms with Crippen molar-refractivity contribution < 1.29 is 9.53 Å². The summed E-state index contributed by atoms with van der Waals surface area (Å²) in [5.41, 5.74) is 2.07. The van der Waals surface area contributed by atoms with Crippen molar-refractivity contribution in [2.75, 3.05) is 11.9 Å². The van der Waals surface area contributed by atoms with E-state index in [2.05, 4.69) is 33.2 Å². The first-order valence-corrected chi connectivity index (χ1v) is 8.56. The fraction of sp³-hybridized carbons (Fsp3) is 0.158. The highest BCUT2D eigenvalue weighted by atomic mass is 79.9. The van der Waals surface area contributed by atoms with Crippen LogP contribution in [0.4, 0.5) is 5.69 Å². The Kier molecular flexibility index (Phi) is 5.11. The zero-order valence-corrected chi connectivity index (χ0v) is 14.8. The number of carbonyl (C=O) groups is 1. The molecule has 3 aromatic rings. The number of halogens is 1. The van der Waals surface area contributed by atoms with E-state index in [0.717, 1.165) is 33.2 Å². The Balaban J connectivity index is 1.92. The second-order valence-electron chi connectivity index (χ2n) is 5.32. The number of nitrogens with one attached hydrogen (secondary N) is 1. The number of anilines is 1. The number of nitrogens with zero attached hydrogens (tertiary/aromatic N) is 1. The highest BCUT2D eigenvalue weighted by Gasteiger charge is 2.11. The van der Waals surface area contributed by atoms with Crippen molar-refractivity contribution in [3.05, 3.63) is 64.8 Å². The minimum atomic E-state index is -0.158. The number of ether oxygens (including phenoxy) is 1. The van der Waals surface area contributed by atoms with Gasteiger partial charge < -0.3 is 10.1 Å². The standard InChI is InChI=1S/C19H17BrN2O2/c1-2-12-24-17-10-9-16(15-4-3-11-21-18(15)17)22-19(23)13-5-7-14(20)8-6-13/h3-11H,2,12H2,1H3,(H,22,23). The lowest BCUT2D eigenvalue weighted by molar-refractivity contribution is 0.102. The molecule has 0 radical (unpaired) electrons. The van der Waals surface area contributed by atoms with E-state index in [-0.39, 0.29) is 5.91 Å². The van der Waals surface area contributed by atoms with Gasteiger partial charge in [-0.15, -0.1) is 0 Å². The van der Waals surface area contributed by atoms with Gasteiger partial charge >= 0.3 is 0 Å². The van der Waals surface area contributed by atoms with Gasteiger partial charge in [-0.1, -0.05) is 22.9 Å². The summed E-state index contributed by atoms with van der Waals surface area (Å²) < 4.78 is 6.68. The lowest BCUT2D eigenvalue weighted by atomic mass is 10.1. The molecule has 0 unspecified atom stereocenters. The lowest BCUT2D eigenvalue weighted by Crippen LogP contribution is -2.12. The van der Waals surface area contributed by atoms with Gasteiger partial charge in [-0.3, -0.25) is 9.78 Å². The Morgan fingerprint density at radius 1 is 1.17 bits per heavy atom. The van der Waals surface area contributed by atoms with Gasteiger partial charge in [0.2, 0.25) is 0 Å². The maximum Gasteiger partial charge on any atom is 0.255 e. The molecule has 0 aliphatic heterocycles. The smallest absolute Gasteiger partial charge is 0.255 e. The average Bonchev–Trinajstić information content (AvgIpc) is 2.61. The van der Waals surface area contributed by atoms with Crippen LogP contribution < -0.4 is 10.1 Å². The predicted octanol–water partition coefficient (Wildman–Crippen LogP) is 5.04. The molecule has 0 atom stereocenters. The van der Waals surface area contributed by atoms with Crippen molar-refractivity contribution >= 4 is 38.4 Å². The second-order valence-corrected chi connectivity index (χ2v) is 6.24. The molecule has 2 aromatic carbocycles. The number of hydrogen-bond acceptors (Lipinski definition) is 3. The normalized spacial score (nSPS) is 10.6. The van der Waals surface area contributed by atoms with Gasteiger partial charge in [0.1, 0.15) is 11.3 Å². The first kappa shape index (κ1) is 16.5. The van der Waals surface area contributed by atoms with E-state index in [0.29, 0.717) is 12.2 Å². The Bertz CT molecular complexity index is 863. The second kappa shape index (κ2) is 7.45. The largest absolute Gasteiger partial charge is 0.491 e. The topological polar surface area (TPSA) is 51.2 Å². The summed E-state index contributed by atoms with van der Waals surface area (Å²) in [6.45, 7) is 2.69. The van der Waals surface area contributed by atoms with E-state index in [1.807, 2.05) is 36.4 Å². The monoisotopic (exact) mass is 384 g/mol. The maximum atomic E-state index is 12.4. The molecule has 1 heterocycles. The fourth-order valence-corrected chi connectivity index (χ4v) is 2.64. The quantitative estimate of drug-likeness (QED) is 0.670. The van der Waals surface area contributed by atoms with Crippen LogP contribution in [-0.2, 0) is 0 Å². The molecule has 0 aliphatic carbocycles. The van der Waals surface area contributed by atoms with Gasteiger partial charge in [-0.05, 0) is 55.0 Å². The lowest BCUT2D eigenvalue weighted by Gasteiger charge is -2.12. The number of pyridine rings is 1. The molecular weight excluding hydrogens is 368 g/mol. The van der Waals surface area contributed by atoms with E-state index in [1.165, 1.54) is 0 Å². The Morgan fingerprint density at radius 3 is 2.71 bits per heavy atom. The Hall–Kier alpha value is -2.40. The van der Waals surface area contributed by atoms with Crippen LogP contribution in [0, 0.1) is 0 Å². The molecule has 0 bridgehead atoms. The van der Waals surface area contributed by atoms with Gasteiger partial charge in [-0.25, -0.2) is 0 Å². The third kappa shape index (κ3) is 3.57. The summed E-state index contributed by atoms with van der Waals surface area (Å²) >= 11 is 3.37. The molecule has 1 N–H and O–H groups in total. The molecule has 122 valence electrons. The van der Waals surface area contributed by atoms with Gasteiger partial charge in [-0.2, -0.15) is 0 Å². The number of benzene rings is 2. The highest BCUT2D eigenvalue weighted by molar-refractivity contribution is 9.10. The summed E-state index contributed by atoms with van der Waals surface area (Å²) in [5.74, 6) is 0.573. The van der Waals surface area contributed by atoms with Crippen LogP contribution in [0.1, 0.15) is 23.7 Å². The molecule has 0 fully saturated rings. The molecule has 0 saturated carbocycles. The number of amides is 1. The summed E-state index contributed by atoms with van der Waals surface area (Å²) in [4.78, 5) is 16.9. The molecule has 4 nitrogen and oxygen atoms in total. The molecule has 3 rings (SSSR count). The number of carbonyl (C=O) groups excluding carboxylic acids is 1. The maximum absolute atomic E-state index is 12.4. The number of rotatable bonds is 5. The number of fused-ring (bicyclic) bond motifs is 1. The highest BCUT2D eigenvalue weighted by Crippen LogP contribution is 2.30. The number of aromatic nitrogens is 1. The Labute approximate surface area is 149 Å². The van der Waals surface area contributed by atoms with Gasteiger partial charge in [0.05, 0.1) is 12.3 Å². The van der Waals surface area contributed by atoms with Crippen molar-refractivity contribution in [3.8, 4) is 5.75 Å². The molecule has 0 saturated heterocycles. The first-order valence-electron chi connectivity index (χ1n) is 7.76. The third-order valence-electron chi connectivity index (χ3n) is 3.55. The summed E-state index contributed by atoms with van der Waals surface area (Å²) in [6.07, 6.45) is 2.65. The van der Waals surface area contributed by atoms with Crippen molar-refractivity contribution in [1.29, 1.82) is 0 Å². The van der Waals surface area contributed by atoms with Crippen molar-refractivity contribution in [1.82, 2.24) is 4.98 Å². The van der Waals surface area contributed by atoms with Crippen LogP contribution in [-0.4, -0.2) is 17.5 Å². The van der Waals surface area contributed by atoms with E-state index in [1.54, 1.807) is 18.3 Å². The predicted molar refractivity (Wildman–Crippen MR) is 99.6 cm³/mol. The van der Waals surface area contributed by atoms with Crippen molar-refractivity contribution in [2.24, 2.45) is 0 Å². The zero-order valence-electron chi connectivity index (χ0n) is 13.3. The SMILES string of the molecule is CCCOc1ccc(NC(=O)c2ccc(Br)cc2)c2cccnc12. The molecule has 1 aromatic heterocycles. The van der Waals surface area contributed by atoms with Crippen LogP contribution >= 0.6 is 15.9 Å². The number of hydrogen-bond donors (Lipinski definition) is 1. The Morgan fingerprint density at radius 2 is 1.96 bits per heavy atom. The van der Waals surface area contributed by atoms with Gasteiger partial charge in [0, 0.05) is 21.6 Å². The molecule has 0 spiro atoms. The molecule has 5 heteroatoms. The van der Waals surface area contributed by atoms with Gasteiger partial charge in [0.15, 0.2) is 0 Å². The summed E-state index contributed by atoms with van der Waals surface area (Å²) in [5, 5.41) is 3.81. The molecule has 1 amide bonds. The van der Waals surface area contributed by atoms with Gasteiger partial charge in [0.25, 0.3) is 5.91 Å². The van der Waals surface area contributed by atoms with Crippen LogP contribution in [0.25, 0.3) is 10.9 Å². The van der Waals surface area contributed by atoms with E-state index >= 15 is 0 Å². The van der Waals surface area contributed by atoms with E-state index in [9.17, 15) is 4.79 Å². The van der Waals surface area contributed by atoms with Crippen LogP contribution in [0.2, 0.25) is 0 Å². The minimum Gasteiger partial charge on any atom is -0.491 e. The summed E-state index contributed by atoms with van der Waals surface area (Å²) in [7, 11) is 0. The average molecular weight is 385 g/mol. The fourth-order valence-electron chi connectivity index (χ4n) is 2.38. The zero-order chi connectivity index (χ0) is 16.9. The third-order valence-corrected chi connectivity index (χ3v) is 4.08. The molecule has 0 aliphatic rings. The first-order chi connectivity index (χ1) is 11.7. The molecular formula is C19H17BrN2O2. The minimum absolute atomic E-state index is 0.158. The van der Waals surface area contributed by atoms with Crippen LogP contribution in [0.15, 0.2) is 59.2 Å². The van der Waals surface area contributed by atoms with Crippen LogP contribution in [0.5, 0.6) is 5.75 Å². The van der Waals surface area contributed by atoms with E-state index < -0.39 is 0 Å². The van der Waals surface area contributed by atoms with E-state index in [4.69, 9.17) is 4.74 Å².